The highest BCUT2D eigenvalue weighted by Crippen LogP contribution is 1.79. The lowest BCUT2D eigenvalue weighted by molar-refractivity contribution is -0.112. The van der Waals surface area contributed by atoms with E-state index < -0.39 is 0 Å². The second-order valence-corrected chi connectivity index (χ2v) is 1.87. The summed E-state index contributed by atoms with van der Waals surface area (Å²) in [6, 6.07) is 1.77. The van der Waals surface area contributed by atoms with Gasteiger partial charge in [0.15, 0.2) is 0 Å². The maximum atomic E-state index is 10.5. The molecule has 1 aliphatic rings. The number of carbonyl (C=O) groups excluding carboxylic acids is 1. The molecule has 0 unspecified atom stereocenters. The Labute approximate surface area is 62.9 Å². The summed E-state index contributed by atoms with van der Waals surface area (Å²) in [6.45, 7) is 0. The molecule has 1 aromatic rings. The first-order valence-corrected chi connectivity index (χ1v) is 2.64. The van der Waals surface area contributed by atoms with E-state index in [4.69, 9.17) is 0 Å². The molecule has 2 rings (SSSR count). The van der Waals surface area contributed by atoms with E-state index in [-0.39, 0.29) is 18.3 Å². The lowest BCUT2D eigenvalue weighted by Crippen LogP contribution is -2.17. The van der Waals surface area contributed by atoms with E-state index in [1.807, 2.05) is 0 Å². The summed E-state index contributed by atoms with van der Waals surface area (Å²) in [6.07, 6.45) is 3.24. The van der Waals surface area contributed by atoms with E-state index >= 15 is 0 Å². The van der Waals surface area contributed by atoms with Crippen LogP contribution < -0.4 is 10.7 Å². The molecule has 0 bridgehead atoms. The Hall–Kier alpha value is -1.09. The summed E-state index contributed by atoms with van der Waals surface area (Å²) in [5.41, 5.74) is 0. The molecule has 1 aliphatic heterocycles. The van der Waals surface area contributed by atoms with Crippen LogP contribution in [0.15, 0.2) is 17.3 Å². The molecule has 0 aromatic carbocycles. The highest BCUT2D eigenvalue weighted by atomic mass is 35.5. The molecule has 1 amide bonds. The Morgan fingerprint density at radius 1 is 1.50 bits per heavy atom. The van der Waals surface area contributed by atoms with Crippen LogP contribution in [0.25, 0.3) is 6.08 Å². The topological polar surface area (TPSA) is 45.2 Å². The number of fused-ring (bicyclic) bond motifs is 1. The van der Waals surface area contributed by atoms with Crippen molar-refractivity contribution in [2.75, 3.05) is 0 Å². The van der Waals surface area contributed by atoms with E-state index in [9.17, 15) is 4.79 Å². The minimum Gasteiger partial charge on any atom is -0.360 e. The predicted octanol–water partition coefficient (Wildman–Crippen LogP) is -0.623. The van der Waals surface area contributed by atoms with E-state index in [1.165, 1.54) is 6.08 Å². The quantitative estimate of drug-likeness (QED) is 0.535. The lowest BCUT2D eigenvalue weighted by atomic mass is 10.5. The predicted molar refractivity (Wildman–Crippen MR) is 38.3 cm³/mol. The van der Waals surface area contributed by atoms with Gasteiger partial charge in [-0.2, -0.15) is 0 Å². The van der Waals surface area contributed by atoms with Crippen molar-refractivity contribution in [2.24, 2.45) is 4.99 Å². The van der Waals surface area contributed by atoms with Gasteiger partial charge < -0.3 is 4.98 Å². The van der Waals surface area contributed by atoms with Gasteiger partial charge in [0.05, 0.1) is 10.7 Å². The van der Waals surface area contributed by atoms with Gasteiger partial charge in [0.2, 0.25) is 0 Å². The molecule has 1 aromatic heterocycles. The van der Waals surface area contributed by atoms with Crippen LogP contribution in [0.3, 0.4) is 0 Å². The van der Waals surface area contributed by atoms with Gasteiger partial charge in [0.1, 0.15) is 0 Å². The molecule has 3 nitrogen and oxygen atoms in total. The molecule has 0 spiro atoms. The zero-order valence-corrected chi connectivity index (χ0v) is 5.81. The van der Waals surface area contributed by atoms with Gasteiger partial charge in [0.25, 0.3) is 5.91 Å². The molecule has 0 fully saturated rings. The molecular weight excluding hydrogens is 152 g/mol. The van der Waals surface area contributed by atoms with Crippen LogP contribution in [0.2, 0.25) is 0 Å². The molecule has 1 N–H and O–H groups in total. The van der Waals surface area contributed by atoms with E-state index in [2.05, 4.69) is 9.98 Å². The Morgan fingerprint density at radius 2 is 2.30 bits per heavy atom. The van der Waals surface area contributed by atoms with Crippen molar-refractivity contribution in [1.29, 1.82) is 0 Å². The molecule has 0 atom stereocenters. The van der Waals surface area contributed by atoms with E-state index in [0.717, 1.165) is 10.7 Å². The number of hydrogen-bond donors (Lipinski definition) is 1. The van der Waals surface area contributed by atoms with Crippen LogP contribution in [-0.4, -0.2) is 10.9 Å². The third kappa shape index (κ3) is 0.844. The van der Waals surface area contributed by atoms with Crippen LogP contribution in [0.1, 0.15) is 0 Å². The Balaban J connectivity index is 0.000000500. The monoisotopic (exact) mass is 156 g/mol. The first kappa shape index (κ1) is 7.02. The van der Waals surface area contributed by atoms with Crippen LogP contribution in [0, 0.1) is 0 Å². The number of hydrogen-bond acceptors (Lipinski definition) is 1. The van der Waals surface area contributed by atoms with Crippen molar-refractivity contribution >= 4 is 24.4 Å². The minimum atomic E-state index is -0.170. The van der Waals surface area contributed by atoms with Gasteiger partial charge in [-0.1, -0.05) is 0 Å². The third-order valence-corrected chi connectivity index (χ3v) is 1.25. The first-order valence-electron chi connectivity index (χ1n) is 2.64. The molecule has 52 valence electrons. The van der Waals surface area contributed by atoms with E-state index in [1.54, 1.807) is 12.3 Å². The maximum Gasteiger partial charge on any atom is 0.272 e. The molecule has 10 heavy (non-hydrogen) atoms. The van der Waals surface area contributed by atoms with Crippen LogP contribution in [0.4, 0.5) is 0 Å². The summed E-state index contributed by atoms with van der Waals surface area (Å²) >= 11 is 0. The number of rotatable bonds is 0. The molecule has 2 heterocycles. The van der Waals surface area contributed by atoms with Crippen molar-refractivity contribution in [1.82, 2.24) is 4.98 Å². The van der Waals surface area contributed by atoms with Crippen molar-refractivity contribution in [3.8, 4) is 0 Å². The largest absolute Gasteiger partial charge is 0.360 e. The van der Waals surface area contributed by atoms with Gasteiger partial charge in [-0.3, -0.25) is 4.79 Å². The van der Waals surface area contributed by atoms with Crippen molar-refractivity contribution in [3.63, 3.8) is 0 Å². The highest BCUT2D eigenvalue weighted by molar-refractivity contribution is 6.06. The standard InChI is InChI=1S/C6H4N2O.ClH/c9-6-3-5-4(8-6)1-2-7-5;/h1-3,7H;1H. The summed E-state index contributed by atoms with van der Waals surface area (Å²) in [7, 11) is 0. The minimum absolute atomic E-state index is 0. The summed E-state index contributed by atoms with van der Waals surface area (Å²) in [5.74, 6) is -0.170. The Morgan fingerprint density at radius 3 is 3.00 bits per heavy atom. The van der Waals surface area contributed by atoms with Crippen LogP contribution in [-0.2, 0) is 4.79 Å². The maximum absolute atomic E-state index is 10.5. The summed E-state index contributed by atoms with van der Waals surface area (Å²) in [4.78, 5) is 17.1. The molecule has 0 saturated carbocycles. The van der Waals surface area contributed by atoms with Gasteiger partial charge in [-0.25, -0.2) is 4.99 Å². The number of H-pyrrole nitrogens is 1. The van der Waals surface area contributed by atoms with Crippen molar-refractivity contribution in [2.45, 2.75) is 0 Å². The van der Waals surface area contributed by atoms with Crippen molar-refractivity contribution < 1.29 is 4.79 Å². The van der Waals surface area contributed by atoms with Crippen LogP contribution >= 0.6 is 12.4 Å². The number of nitrogens with zero attached hydrogens (tertiary/aromatic N) is 1. The fraction of sp³-hybridized carbons (Fsp3) is 0. The zero-order valence-electron chi connectivity index (χ0n) is 5.00. The summed E-state index contributed by atoms with van der Waals surface area (Å²) < 4.78 is 0. The average Bonchev–Trinajstić information content (AvgIpc) is 2.22. The van der Waals surface area contributed by atoms with Gasteiger partial charge in [-0.15, -0.1) is 12.4 Å². The molecule has 0 aliphatic carbocycles. The van der Waals surface area contributed by atoms with Gasteiger partial charge in [-0.05, 0) is 6.07 Å². The summed E-state index contributed by atoms with van der Waals surface area (Å²) in [5, 5.41) is 1.57. The first-order chi connectivity index (χ1) is 4.36. The van der Waals surface area contributed by atoms with Gasteiger partial charge >= 0.3 is 0 Å². The SMILES string of the molecule is Cl.O=C1C=c2[nH]ccc2=N1. The molecule has 0 radical (unpaired) electrons. The molecular formula is C6H5ClN2O. The fourth-order valence-corrected chi connectivity index (χ4v) is 0.862. The number of amides is 1. The molecule has 4 heteroatoms. The second-order valence-electron chi connectivity index (χ2n) is 1.87. The second kappa shape index (κ2) is 2.27. The van der Waals surface area contributed by atoms with Gasteiger partial charge in [0, 0.05) is 12.3 Å². The fourth-order valence-electron chi connectivity index (χ4n) is 0.862. The van der Waals surface area contributed by atoms with Crippen LogP contribution in [0.5, 0.6) is 0 Å². The number of aromatic nitrogens is 1. The van der Waals surface area contributed by atoms with Crippen molar-refractivity contribution in [3.05, 3.63) is 23.0 Å². The number of aromatic amines is 1. The highest BCUT2D eigenvalue weighted by Gasteiger charge is 2.01. The molecule has 0 saturated heterocycles. The Bertz CT molecular complexity index is 333. The third-order valence-electron chi connectivity index (χ3n) is 1.25. The lowest BCUT2D eigenvalue weighted by Gasteiger charge is -1.67. The average molecular weight is 157 g/mol. The number of halogens is 1. The number of carbonyl (C=O) groups is 1. The van der Waals surface area contributed by atoms with E-state index in [0.29, 0.717) is 0 Å². The smallest absolute Gasteiger partial charge is 0.272 e. The normalized spacial score (nSPS) is 13.0. The Kier molecular flexibility index (Phi) is 1.59. The number of nitrogens with one attached hydrogen (secondary N) is 1. The zero-order chi connectivity index (χ0) is 6.27.